The van der Waals surface area contributed by atoms with Crippen LogP contribution in [-0.2, 0) is 0 Å². The lowest BCUT2D eigenvalue weighted by Crippen LogP contribution is -2.38. The van der Waals surface area contributed by atoms with Gasteiger partial charge in [0.1, 0.15) is 0 Å². The predicted octanol–water partition coefficient (Wildman–Crippen LogP) is 1.66. The van der Waals surface area contributed by atoms with Crippen LogP contribution in [0, 0.1) is 5.92 Å². The molecule has 0 aromatic rings. The van der Waals surface area contributed by atoms with Gasteiger partial charge in [-0.3, -0.25) is 0 Å². The molecule has 0 aliphatic carbocycles. The van der Waals surface area contributed by atoms with Crippen LogP contribution in [0.5, 0.6) is 0 Å². The summed E-state index contributed by atoms with van der Waals surface area (Å²) >= 11 is 0. The fourth-order valence-electron chi connectivity index (χ4n) is 1.95. The van der Waals surface area contributed by atoms with E-state index < -0.39 is 0 Å². The second kappa shape index (κ2) is 4.77. The zero-order chi connectivity index (χ0) is 9.84. The molecule has 2 heteroatoms. The van der Waals surface area contributed by atoms with E-state index in [2.05, 4.69) is 25.3 Å². The quantitative estimate of drug-likeness (QED) is 0.673. The molecule has 0 atom stereocenters. The Morgan fingerprint density at radius 2 is 2.00 bits per heavy atom. The average Bonchev–Trinajstić information content (AvgIpc) is 2.17. The summed E-state index contributed by atoms with van der Waals surface area (Å²) in [4.78, 5) is 2.49. The molecule has 1 aliphatic heterocycles. The molecule has 1 aliphatic rings. The van der Waals surface area contributed by atoms with Crippen molar-refractivity contribution in [2.24, 2.45) is 5.92 Å². The van der Waals surface area contributed by atoms with Crippen molar-refractivity contribution in [2.75, 3.05) is 19.7 Å². The fraction of sp³-hybridized carbons (Fsp3) is 0.818. The first kappa shape index (κ1) is 10.7. The smallest absolute Gasteiger partial charge is 0.0641 e. The van der Waals surface area contributed by atoms with Crippen molar-refractivity contribution < 1.29 is 5.11 Å². The van der Waals surface area contributed by atoms with Gasteiger partial charge in [0.2, 0.25) is 0 Å². The summed E-state index contributed by atoms with van der Waals surface area (Å²) in [6.45, 7) is 10.8. The van der Waals surface area contributed by atoms with Crippen molar-refractivity contribution in [3.63, 3.8) is 0 Å². The van der Waals surface area contributed by atoms with Crippen LogP contribution in [0.2, 0.25) is 0 Å². The molecular weight excluding hydrogens is 162 g/mol. The van der Waals surface area contributed by atoms with Gasteiger partial charge in [-0.1, -0.05) is 6.58 Å². The predicted molar refractivity (Wildman–Crippen MR) is 55.7 cm³/mol. The number of hydrogen-bond acceptors (Lipinski definition) is 2. The maximum Gasteiger partial charge on any atom is 0.0641 e. The van der Waals surface area contributed by atoms with Crippen LogP contribution in [-0.4, -0.2) is 35.7 Å². The minimum atomic E-state index is 0.159. The van der Waals surface area contributed by atoms with Gasteiger partial charge in [-0.15, -0.1) is 0 Å². The SMILES string of the molecule is C=C(CO)C1CCN(C(C)C)CC1. The van der Waals surface area contributed by atoms with E-state index in [4.69, 9.17) is 5.11 Å². The third kappa shape index (κ3) is 2.82. The summed E-state index contributed by atoms with van der Waals surface area (Å²) in [5, 5.41) is 8.95. The molecule has 2 nitrogen and oxygen atoms in total. The molecule has 0 bridgehead atoms. The number of aliphatic hydroxyl groups excluding tert-OH is 1. The van der Waals surface area contributed by atoms with Crippen LogP contribution in [0.15, 0.2) is 12.2 Å². The summed E-state index contributed by atoms with van der Waals surface area (Å²) in [5.74, 6) is 0.556. The molecule has 1 heterocycles. The topological polar surface area (TPSA) is 23.5 Å². The molecule has 0 spiro atoms. The van der Waals surface area contributed by atoms with Crippen LogP contribution >= 0.6 is 0 Å². The van der Waals surface area contributed by atoms with Crippen molar-refractivity contribution in [1.29, 1.82) is 0 Å². The Bertz CT molecular complexity index is 169. The first-order valence-electron chi connectivity index (χ1n) is 5.17. The number of likely N-dealkylation sites (tertiary alicyclic amines) is 1. The molecule has 13 heavy (non-hydrogen) atoms. The molecular formula is C11H21NO. The second-order valence-corrected chi connectivity index (χ2v) is 4.22. The lowest BCUT2D eigenvalue weighted by molar-refractivity contribution is 0.155. The van der Waals surface area contributed by atoms with Gasteiger partial charge in [0, 0.05) is 6.04 Å². The molecule has 0 aromatic heterocycles. The average molecular weight is 183 g/mol. The van der Waals surface area contributed by atoms with Crippen LogP contribution < -0.4 is 0 Å². The van der Waals surface area contributed by atoms with Gasteiger partial charge in [-0.05, 0) is 51.3 Å². The Balaban J connectivity index is 2.34. The van der Waals surface area contributed by atoms with E-state index in [-0.39, 0.29) is 6.61 Å². The number of aliphatic hydroxyl groups is 1. The second-order valence-electron chi connectivity index (χ2n) is 4.22. The minimum Gasteiger partial charge on any atom is -0.392 e. The number of nitrogens with zero attached hydrogens (tertiary/aromatic N) is 1. The highest BCUT2D eigenvalue weighted by atomic mass is 16.3. The normalized spacial score (nSPS) is 20.9. The Kier molecular flexibility index (Phi) is 3.94. The van der Waals surface area contributed by atoms with Crippen LogP contribution in [0.1, 0.15) is 26.7 Å². The maximum atomic E-state index is 8.95. The Morgan fingerprint density at radius 3 is 2.38 bits per heavy atom. The first-order chi connectivity index (χ1) is 6.15. The lowest BCUT2D eigenvalue weighted by Gasteiger charge is -2.35. The Morgan fingerprint density at radius 1 is 1.46 bits per heavy atom. The highest BCUT2D eigenvalue weighted by Crippen LogP contribution is 2.24. The molecule has 1 saturated heterocycles. The van der Waals surface area contributed by atoms with E-state index in [1.54, 1.807) is 0 Å². The summed E-state index contributed by atoms with van der Waals surface area (Å²) in [7, 11) is 0. The first-order valence-corrected chi connectivity index (χ1v) is 5.17. The van der Waals surface area contributed by atoms with Crippen molar-refractivity contribution >= 4 is 0 Å². The molecule has 1 fully saturated rings. The highest BCUT2D eigenvalue weighted by molar-refractivity contribution is 5.02. The van der Waals surface area contributed by atoms with Crippen LogP contribution in [0.3, 0.4) is 0 Å². The maximum absolute atomic E-state index is 8.95. The van der Waals surface area contributed by atoms with Gasteiger partial charge < -0.3 is 10.0 Å². The highest BCUT2D eigenvalue weighted by Gasteiger charge is 2.21. The summed E-state index contributed by atoms with van der Waals surface area (Å²) in [6, 6.07) is 0.656. The van der Waals surface area contributed by atoms with E-state index in [0.717, 1.165) is 31.5 Å². The van der Waals surface area contributed by atoms with Gasteiger partial charge in [0.05, 0.1) is 6.61 Å². The largest absolute Gasteiger partial charge is 0.392 e. The van der Waals surface area contributed by atoms with Gasteiger partial charge >= 0.3 is 0 Å². The van der Waals surface area contributed by atoms with Gasteiger partial charge in [-0.2, -0.15) is 0 Å². The van der Waals surface area contributed by atoms with E-state index >= 15 is 0 Å². The molecule has 0 radical (unpaired) electrons. The third-order valence-corrected chi connectivity index (χ3v) is 3.04. The zero-order valence-corrected chi connectivity index (χ0v) is 8.79. The molecule has 1 N–H and O–H groups in total. The summed E-state index contributed by atoms with van der Waals surface area (Å²) < 4.78 is 0. The van der Waals surface area contributed by atoms with Gasteiger partial charge in [-0.25, -0.2) is 0 Å². The number of piperidine rings is 1. The Hall–Kier alpha value is -0.340. The number of rotatable bonds is 3. The molecule has 0 amide bonds. The monoisotopic (exact) mass is 183 g/mol. The van der Waals surface area contributed by atoms with Crippen molar-refractivity contribution in [1.82, 2.24) is 4.90 Å². The lowest BCUT2D eigenvalue weighted by atomic mass is 9.90. The van der Waals surface area contributed by atoms with Crippen molar-refractivity contribution in [3.05, 3.63) is 12.2 Å². The fourth-order valence-corrected chi connectivity index (χ4v) is 1.95. The molecule has 0 aromatic carbocycles. The van der Waals surface area contributed by atoms with Gasteiger partial charge in [0.25, 0.3) is 0 Å². The standard InChI is InChI=1S/C11H21NO/c1-9(2)12-6-4-11(5-7-12)10(3)8-13/h9,11,13H,3-8H2,1-2H3. The van der Waals surface area contributed by atoms with Crippen molar-refractivity contribution in [2.45, 2.75) is 32.7 Å². The molecule has 0 unspecified atom stereocenters. The van der Waals surface area contributed by atoms with E-state index in [0.29, 0.717) is 12.0 Å². The third-order valence-electron chi connectivity index (χ3n) is 3.04. The molecule has 76 valence electrons. The van der Waals surface area contributed by atoms with Crippen molar-refractivity contribution in [3.8, 4) is 0 Å². The van der Waals surface area contributed by atoms with E-state index in [1.165, 1.54) is 0 Å². The van der Waals surface area contributed by atoms with E-state index in [9.17, 15) is 0 Å². The number of hydrogen-bond donors (Lipinski definition) is 1. The van der Waals surface area contributed by atoms with Crippen LogP contribution in [0.4, 0.5) is 0 Å². The van der Waals surface area contributed by atoms with E-state index in [1.807, 2.05) is 0 Å². The molecule has 0 saturated carbocycles. The zero-order valence-electron chi connectivity index (χ0n) is 8.79. The Labute approximate surface area is 81.2 Å². The molecule has 1 rings (SSSR count). The van der Waals surface area contributed by atoms with Gasteiger partial charge in [0.15, 0.2) is 0 Å². The summed E-state index contributed by atoms with van der Waals surface area (Å²) in [6.07, 6.45) is 2.33. The van der Waals surface area contributed by atoms with Crippen LogP contribution in [0.25, 0.3) is 0 Å². The minimum absolute atomic E-state index is 0.159. The summed E-state index contributed by atoms with van der Waals surface area (Å²) in [5.41, 5.74) is 1.02.